The Morgan fingerprint density at radius 2 is 2.26 bits per heavy atom. The predicted molar refractivity (Wildman–Crippen MR) is 99.9 cm³/mol. The zero-order valence-electron chi connectivity index (χ0n) is 15.5. The lowest BCUT2D eigenvalue weighted by Gasteiger charge is -2.38. The Kier molecular flexibility index (Phi) is 6.63. The maximum absolute atomic E-state index is 13.2. The van der Waals surface area contributed by atoms with Crippen molar-refractivity contribution in [1.29, 1.82) is 0 Å². The summed E-state index contributed by atoms with van der Waals surface area (Å²) in [6.45, 7) is 5.03. The molecule has 27 heavy (non-hydrogen) atoms. The third kappa shape index (κ3) is 5.40. The Hall–Kier alpha value is -2.19. The fourth-order valence-electron chi connectivity index (χ4n) is 3.62. The minimum atomic E-state index is -0.399. The first-order valence-corrected chi connectivity index (χ1v) is 9.47. The second kappa shape index (κ2) is 9.14. The molecule has 3 rings (SSSR count). The Balaban J connectivity index is 1.46. The number of hydrogen-bond acceptors (Lipinski definition) is 4. The smallest absolute Gasteiger partial charge is 0.319 e. The molecule has 0 bridgehead atoms. The number of piperidine rings is 1. The fraction of sp³-hybridized carbons (Fsp3) is 0.579. The topological polar surface area (TPSA) is 82.7 Å². The molecule has 1 aromatic carbocycles. The highest BCUT2D eigenvalue weighted by Gasteiger charge is 2.34. The molecule has 1 aromatic rings. The lowest BCUT2D eigenvalue weighted by molar-refractivity contribution is -0.141. The van der Waals surface area contributed by atoms with Gasteiger partial charge in [-0.25, -0.2) is 9.18 Å². The van der Waals surface area contributed by atoms with Gasteiger partial charge < -0.3 is 25.6 Å². The Morgan fingerprint density at radius 1 is 1.41 bits per heavy atom. The zero-order valence-corrected chi connectivity index (χ0v) is 15.5. The van der Waals surface area contributed by atoms with Crippen LogP contribution in [-0.2, 0) is 9.53 Å². The van der Waals surface area contributed by atoms with Crippen molar-refractivity contribution >= 4 is 17.6 Å². The van der Waals surface area contributed by atoms with Crippen molar-refractivity contribution in [3.05, 3.63) is 30.1 Å². The van der Waals surface area contributed by atoms with E-state index in [2.05, 4.69) is 16.0 Å². The molecule has 0 aromatic heterocycles. The number of urea groups is 1. The molecule has 3 amide bonds. The Labute approximate surface area is 158 Å². The second-order valence-electron chi connectivity index (χ2n) is 7.15. The van der Waals surface area contributed by atoms with Crippen molar-refractivity contribution in [2.75, 3.05) is 38.1 Å². The summed E-state index contributed by atoms with van der Waals surface area (Å²) in [7, 11) is 0. The van der Waals surface area contributed by atoms with Crippen LogP contribution in [0.15, 0.2) is 24.3 Å². The van der Waals surface area contributed by atoms with Crippen LogP contribution in [0.25, 0.3) is 0 Å². The number of anilines is 1. The summed E-state index contributed by atoms with van der Waals surface area (Å²) in [6, 6.07) is 5.08. The fourth-order valence-corrected chi connectivity index (χ4v) is 3.62. The van der Waals surface area contributed by atoms with E-state index in [4.69, 9.17) is 4.74 Å². The summed E-state index contributed by atoms with van der Waals surface area (Å²) in [5.41, 5.74) is 0.408. The number of ether oxygens (including phenoxy) is 1. The van der Waals surface area contributed by atoms with Gasteiger partial charge in [-0.2, -0.15) is 0 Å². The van der Waals surface area contributed by atoms with Gasteiger partial charge in [-0.05, 0) is 43.9 Å². The molecule has 2 aliphatic heterocycles. The zero-order chi connectivity index (χ0) is 19.2. The normalized spacial score (nSPS) is 25.7. The number of amides is 3. The van der Waals surface area contributed by atoms with Crippen LogP contribution in [0.5, 0.6) is 0 Å². The summed E-state index contributed by atoms with van der Waals surface area (Å²) in [5, 5.41) is 8.67. The largest absolute Gasteiger partial charge is 0.375 e. The van der Waals surface area contributed by atoms with Gasteiger partial charge in [0.15, 0.2) is 0 Å². The van der Waals surface area contributed by atoms with Crippen LogP contribution in [0.3, 0.4) is 0 Å². The van der Waals surface area contributed by atoms with Crippen LogP contribution >= 0.6 is 0 Å². The first kappa shape index (κ1) is 19.6. The van der Waals surface area contributed by atoms with Gasteiger partial charge in [0.1, 0.15) is 11.9 Å². The molecular weight excluding hydrogens is 351 g/mol. The third-order valence-corrected chi connectivity index (χ3v) is 5.05. The highest BCUT2D eigenvalue weighted by atomic mass is 19.1. The maximum atomic E-state index is 13.2. The van der Waals surface area contributed by atoms with E-state index in [-0.39, 0.29) is 30.0 Å². The van der Waals surface area contributed by atoms with Crippen LogP contribution in [-0.4, -0.2) is 61.8 Å². The Morgan fingerprint density at radius 3 is 3.04 bits per heavy atom. The van der Waals surface area contributed by atoms with Crippen molar-refractivity contribution in [3.8, 4) is 0 Å². The standard InChI is InChI=1S/C19H27FN4O3/c1-13-17(21-7-9-27-13)18(25)24-8-3-4-14(12-24)11-22-19(26)23-16-6-2-5-15(20)10-16/h2,5-6,10,13-14,17,21H,3-4,7-9,11-12H2,1H3,(H2,22,23,26)/t13-,14?,17+/m1/s1. The molecule has 7 nitrogen and oxygen atoms in total. The molecule has 148 valence electrons. The van der Waals surface area contributed by atoms with Crippen LogP contribution < -0.4 is 16.0 Å². The van der Waals surface area contributed by atoms with Crippen LogP contribution in [0.1, 0.15) is 19.8 Å². The molecule has 2 saturated heterocycles. The van der Waals surface area contributed by atoms with Gasteiger partial charge in [0.05, 0.1) is 12.7 Å². The number of morpholine rings is 1. The number of halogens is 1. The third-order valence-electron chi connectivity index (χ3n) is 5.05. The molecule has 2 aliphatic rings. The maximum Gasteiger partial charge on any atom is 0.319 e. The molecule has 0 saturated carbocycles. The van der Waals surface area contributed by atoms with Crippen LogP contribution in [0.2, 0.25) is 0 Å². The van der Waals surface area contributed by atoms with Crippen molar-refractivity contribution in [2.45, 2.75) is 31.9 Å². The van der Waals surface area contributed by atoms with E-state index in [1.54, 1.807) is 12.1 Å². The van der Waals surface area contributed by atoms with E-state index in [0.717, 1.165) is 19.4 Å². The monoisotopic (exact) mass is 378 g/mol. The van der Waals surface area contributed by atoms with Gasteiger partial charge in [-0.1, -0.05) is 6.07 Å². The van der Waals surface area contributed by atoms with Crippen LogP contribution in [0, 0.1) is 11.7 Å². The number of hydrogen-bond donors (Lipinski definition) is 3. The molecule has 1 unspecified atom stereocenters. The number of benzene rings is 1. The van der Waals surface area contributed by atoms with Gasteiger partial charge in [0, 0.05) is 31.9 Å². The minimum Gasteiger partial charge on any atom is -0.375 e. The molecule has 3 atom stereocenters. The molecule has 2 heterocycles. The lowest BCUT2D eigenvalue weighted by atomic mass is 9.96. The quantitative estimate of drug-likeness (QED) is 0.743. The molecule has 3 N–H and O–H groups in total. The van der Waals surface area contributed by atoms with E-state index in [1.165, 1.54) is 12.1 Å². The van der Waals surface area contributed by atoms with Crippen molar-refractivity contribution in [1.82, 2.24) is 15.5 Å². The average Bonchev–Trinajstić information content (AvgIpc) is 2.66. The van der Waals surface area contributed by atoms with E-state index in [1.807, 2.05) is 11.8 Å². The summed E-state index contributed by atoms with van der Waals surface area (Å²) in [6.07, 6.45) is 1.72. The average molecular weight is 378 g/mol. The first-order chi connectivity index (χ1) is 13.0. The number of rotatable bonds is 4. The minimum absolute atomic E-state index is 0.0658. The van der Waals surface area contributed by atoms with Gasteiger partial charge in [0.2, 0.25) is 5.91 Å². The number of nitrogens with zero attached hydrogens (tertiary/aromatic N) is 1. The summed E-state index contributed by atoms with van der Waals surface area (Å²) < 4.78 is 18.7. The van der Waals surface area contributed by atoms with Gasteiger partial charge in [-0.15, -0.1) is 0 Å². The van der Waals surface area contributed by atoms with Crippen molar-refractivity contribution < 1.29 is 18.7 Å². The van der Waals surface area contributed by atoms with E-state index >= 15 is 0 Å². The van der Waals surface area contributed by atoms with Gasteiger partial charge >= 0.3 is 6.03 Å². The molecule has 0 aliphatic carbocycles. The first-order valence-electron chi connectivity index (χ1n) is 9.47. The highest BCUT2D eigenvalue weighted by Crippen LogP contribution is 2.18. The van der Waals surface area contributed by atoms with Crippen LogP contribution in [0.4, 0.5) is 14.9 Å². The second-order valence-corrected chi connectivity index (χ2v) is 7.15. The summed E-state index contributed by atoms with van der Waals surface area (Å²) in [4.78, 5) is 26.7. The summed E-state index contributed by atoms with van der Waals surface area (Å²) in [5.74, 6) is -0.138. The number of carbonyl (C=O) groups is 2. The predicted octanol–water partition coefficient (Wildman–Crippen LogP) is 1.56. The van der Waals surface area contributed by atoms with Gasteiger partial charge in [0.25, 0.3) is 0 Å². The van der Waals surface area contributed by atoms with Gasteiger partial charge in [-0.3, -0.25) is 4.79 Å². The van der Waals surface area contributed by atoms with E-state index < -0.39 is 5.82 Å². The molecular formula is C19H27FN4O3. The number of likely N-dealkylation sites (tertiary alicyclic amines) is 1. The number of nitrogens with one attached hydrogen (secondary N) is 3. The number of carbonyl (C=O) groups excluding carboxylic acids is 2. The Bertz CT molecular complexity index is 672. The van der Waals surface area contributed by atoms with E-state index in [0.29, 0.717) is 31.9 Å². The molecule has 2 fully saturated rings. The molecule has 8 heteroatoms. The van der Waals surface area contributed by atoms with E-state index in [9.17, 15) is 14.0 Å². The van der Waals surface area contributed by atoms with Crippen molar-refractivity contribution in [3.63, 3.8) is 0 Å². The molecule has 0 radical (unpaired) electrons. The SMILES string of the molecule is C[C@H]1OCCN[C@@H]1C(=O)N1CCCC(CNC(=O)Nc2cccc(F)c2)C1. The summed E-state index contributed by atoms with van der Waals surface area (Å²) >= 11 is 0. The lowest BCUT2D eigenvalue weighted by Crippen LogP contribution is -2.58. The highest BCUT2D eigenvalue weighted by molar-refractivity contribution is 5.89. The van der Waals surface area contributed by atoms with Crippen molar-refractivity contribution in [2.24, 2.45) is 5.92 Å². The molecule has 0 spiro atoms.